The van der Waals surface area contributed by atoms with Crippen LogP contribution in [0.5, 0.6) is 5.75 Å². The maximum Gasteiger partial charge on any atom is 0.119 e. The molecule has 0 spiro atoms. The number of aromatic amines is 1. The Morgan fingerprint density at radius 1 is 1.26 bits per heavy atom. The number of rotatable bonds is 2. The van der Waals surface area contributed by atoms with Crippen LogP contribution >= 0.6 is 0 Å². The molecule has 3 rings (SSSR count). The third-order valence-electron chi connectivity index (χ3n) is 4.80. The summed E-state index contributed by atoms with van der Waals surface area (Å²) in [6.45, 7) is 4.83. The van der Waals surface area contributed by atoms with Gasteiger partial charge in [-0.15, -0.1) is 0 Å². The fourth-order valence-corrected chi connectivity index (χ4v) is 3.61. The maximum atomic E-state index is 5.37. The van der Waals surface area contributed by atoms with Crippen molar-refractivity contribution in [3.05, 3.63) is 30.0 Å². The van der Waals surface area contributed by atoms with Crippen molar-refractivity contribution in [1.82, 2.24) is 4.98 Å². The number of ether oxygens (including phenoxy) is 1. The quantitative estimate of drug-likeness (QED) is 0.816. The molecule has 0 amide bonds. The third-order valence-corrected chi connectivity index (χ3v) is 4.80. The summed E-state index contributed by atoms with van der Waals surface area (Å²) >= 11 is 0. The summed E-state index contributed by atoms with van der Waals surface area (Å²) in [4.78, 5) is 3.42. The number of hydrogen-bond acceptors (Lipinski definition) is 1. The lowest BCUT2D eigenvalue weighted by Gasteiger charge is -2.38. The Labute approximate surface area is 115 Å². The molecule has 1 unspecified atom stereocenters. The van der Waals surface area contributed by atoms with Crippen LogP contribution in [-0.2, 0) is 0 Å². The number of hydrogen-bond donors (Lipinski definition) is 1. The van der Waals surface area contributed by atoms with Gasteiger partial charge in [0.05, 0.1) is 7.11 Å². The zero-order chi connectivity index (χ0) is 13.5. The van der Waals surface area contributed by atoms with Crippen LogP contribution in [0.4, 0.5) is 0 Å². The topological polar surface area (TPSA) is 25.0 Å². The van der Waals surface area contributed by atoms with Crippen LogP contribution in [0.3, 0.4) is 0 Å². The molecular formula is C17H23NO. The van der Waals surface area contributed by atoms with Crippen molar-refractivity contribution in [1.29, 1.82) is 0 Å². The first-order valence-electron chi connectivity index (χ1n) is 7.27. The van der Waals surface area contributed by atoms with E-state index in [0.29, 0.717) is 11.3 Å². The lowest BCUT2D eigenvalue weighted by atomic mass is 9.66. The Morgan fingerprint density at radius 3 is 2.84 bits per heavy atom. The van der Waals surface area contributed by atoms with Crippen molar-refractivity contribution >= 4 is 10.9 Å². The highest BCUT2D eigenvalue weighted by atomic mass is 16.5. The number of nitrogens with one attached hydrogen (secondary N) is 1. The second kappa shape index (κ2) is 4.59. The Morgan fingerprint density at radius 2 is 2.11 bits per heavy atom. The summed E-state index contributed by atoms with van der Waals surface area (Å²) in [6.07, 6.45) is 7.56. The summed E-state index contributed by atoms with van der Waals surface area (Å²) in [5.74, 6) is 1.60. The van der Waals surface area contributed by atoms with E-state index in [9.17, 15) is 0 Å². The summed E-state index contributed by atoms with van der Waals surface area (Å²) in [5, 5.41) is 1.33. The summed E-state index contributed by atoms with van der Waals surface area (Å²) in [5.41, 5.74) is 3.09. The second-order valence-electron chi connectivity index (χ2n) is 6.44. The van der Waals surface area contributed by atoms with Gasteiger partial charge >= 0.3 is 0 Å². The van der Waals surface area contributed by atoms with Crippen LogP contribution in [-0.4, -0.2) is 12.1 Å². The largest absolute Gasteiger partial charge is 0.497 e. The number of aromatic nitrogens is 1. The Bertz CT molecular complexity index is 582. The summed E-state index contributed by atoms with van der Waals surface area (Å²) in [7, 11) is 1.73. The number of methoxy groups -OCH3 is 1. The first kappa shape index (κ1) is 12.6. The van der Waals surface area contributed by atoms with Crippen LogP contribution in [0.15, 0.2) is 24.4 Å². The van der Waals surface area contributed by atoms with Gasteiger partial charge in [-0.3, -0.25) is 0 Å². The number of fused-ring (bicyclic) bond motifs is 1. The van der Waals surface area contributed by atoms with Crippen molar-refractivity contribution in [2.24, 2.45) is 5.41 Å². The van der Waals surface area contributed by atoms with Crippen molar-refractivity contribution in [3.8, 4) is 5.75 Å². The molecule has 0 bridgehead atoms. The molecule has 1 aliphatic carbocycles. The van der Waals surface area contributed by atoms with E-state index in [4.69, 9.17) is 4.74 Å². The minimum Gasteiger partial charge on any atom is -0.497 e. The van der Waals surface area contributed by atoms with Crippen LogP contribution in [0.1, 0.15) is 51.0 Å². The molecule has 1 saturated carbocycles. The molecule has 1 atom stereocenters. The van der Waals surface area contributed by atoms with E-state index in [1.165, 1.54) is 42.1 Å². The predicted octanol–water partition coefficient (Wildman–Crippen LogP) is 4.86. The van der Waals surface area contributed by atoms with E-state index in [1.807, 2.05) is 6.07 Å². The van der Waals surface area contributed by atoms with E-state index < -0.39 is 0 Å². The second-order valence-corrected chi connectivity index (χ2v) is 6.44. The number of H-pyrrole nitrogens is 1. The third kappa shape index (κ3) is 2.13. The average molecular weight is 257 g/mol. The number of benzene rings is 1. The zero-order valence-electron chi connectivity index (χ0n) is 12.1. The van der Waals surface area contributed by atoms with E-state index in [-0.39, 0.29) is 0 Å². The van der Waals surface area contributed by atoms with Gasteiger partial charge in [0, 0.05) is 17.1 Å². The zero-order valence-corrected chi connectivity index (χ0v) is 12.1. The Balaban J connectivity index is 2.08. The molecule has 1 aromatic heterocycles. The first-order valence-corrected chi connectivity index (χ1v) is 7.27. The van der Waals surface area contributed by atoms with E-state index in [0.717, 1.165) is 5.75 Å². The molecule has 0 saturated heterocycles. The molecule has 1 aliphatic rings. The summed E-state index contributed by atoms with van der Waals surface area (Å²) < 4.78 is 5.37. The molecule has 102 valence electrons. The van der Waals surface area contributed by atoms with Crippen molar-refractivity contribution in [2.75, 3.05) is 7.11 Å². The van der Waals surface area contributed by atoms with Gasteiger partial charge in [0.1, 0.15) is 5.75 Å². The lowest BCUT2D eigenvalue weighted by molar-refractivity contribution is 0.201. The molecule has 0 radical (unpaired) electrons. The highest BCUT2D eigenvalue weighted by Crippen LogP contribution is 2.48. The fraction of sp³-hybridized carbons (Fsp3) is 0.529. The molecule has 1 aromatic carbocycles. The summed E-state index contributed by atoms with van der Waals surface area (Å²) in [6, 6.07) is 6.31. The van der Waals surface area contributed by atoms with Gasteiger partial charge in [0.25, 0.3) is 0 Å². The predicted molar refractivity (Wildman–Crippen MR) is 79.8 cm³/mol. The lowest BCUT2D eigenvalue weighted by Crippen LogP contribution is -2.25. The SMILES string of the molecule is COc1ccc2[nH]cc(C3CCCCC3(C)C)c2c1. The van der Waals surface area contributed by atoms with Crippen LogP contribution in [0.25, 0.3) is 10.9 Å². The van der Waals surface area contributed by atoms with Gasteiger partial charge in [-0.2, -0.15) is 0 Å². The maximum absolute atomic E-state index is 5.37. The van der Waals surface area contributed by atoms with Crippen LogP contribution in [0.2, 0.25) is 0 Å². The van der Waals surface area contributed by atoms with E-state index >= 15 is 0 Å². The fourth-order valence-electron chi connectivity index (χ4n) is 3.61. The van der Waals surface area contributed by atoms with Gasteiger partial charge in [-0.25, -0.2) is 0 Å². The molecule has 1 heterocycles. The van der Waals surface area contributed by atoms with Gasteiger partial charge in [0.15, 0.2) is 0 Å². The molecule has 2 aromatic rings. The Kier molecular flexibility index (Phi) is 3.04. The highest BCUT2D eigenvalue weighted by molar-refractivity contribution is 5.85. The minimum atomic E-state index is 0.399. The molecular weight excluding hydrogens is 234 g/mol. The van der Waals surface area contributed by atoms with Crippen LogP contribution in [0, 0.1) is 5.41 Å². The molecule has 2 heteroatoms. The van der Waals surface area contributed by atoms with E-state index in [1.54, 1.807) is 7.11 Å². The molecule has 1 N–H and O–H groups in total. The Hall–Kier alpha value is -1.44. The average Bonchev–Trinajstić information content (AvgIpc) is 2.81. The molecule has 0 aliphatic heterocycles. The molecule has 2 nitrogen and oxygen atoms in total. The smallest absolute Gasteiger partial charge is 0.119 e. The standard InChI is InChI=1S/C17H23NO/c1-17(2)9-5-4-6-15(17)14-11-18-16-8-7-12(19-3)10-13(14)16/h7-8,10-11,15,18H,4-6,9H2,1-3H3. The van der Waals surface area contributed by atoms with Crippen molar-refractivity contribution < 1.29 is 4.74 Å². The molecule has 1 fully saturated rings. The van der Waals surface area contributed by atoms with Crippen molar-refractivity contribution in [3.63, 3.8) is 0 Å². The normalized spacial score (nSPS) is 22.6. The monoisotopic (exact) mass is 257 g/mol. The van der Waals surface area contributed by atoms with E-state index in [2.05, 4.69) is 37.2 Å². The van der Waals surface area contributed by atoms with Crippen molar-refractivity contribution in [2.45, 2.75) is 45.4 Å². The van der Waals surface area contributed by atoms with Gasteiger partial charge < -0.3 is 9.72 Å². The highest BCUT2D eigenvalue weighted by Gasteiger charge is 2.34. The van der Waals surface area contributed by atoms with Gasteiger partial charge in [0.2, 0.25) is 0 Å². The van der Waals surface area contributed by atoms with Crippen LogP contribution < -0.4 is 4.74 Å². The van der Waals surface area contributed by atoms with Gasteiger partial charge in [-0.05, 0) is 47.9 Å². The molecule has 19 heavy (non-hydrogen) atoms. The minimum absolute atomic E-state index is 0.399. The first-order chi connectivity index (χ1) is 9.12. The van der Waals surface area contributed by atoms with Gasteiger partial charge in [-0.1, -0.05) is 26.7 Å².